The maximum atomic E-state index is 13.6. The van der Waals surface area contributed by atoms with Crippen LogP contribution in [0.4, 0.5) is 4.39 Å². The highest BCUT2D eigenvalue weighted by Gasteiger charge is 2.31. The Balaban J connectivity index is 1.28. The molecular formula is C23H22FN3O3S. The zero-order chi connectivity index (χ0) is 21.2. The third-order valence-corrected chi connectivity index (χ3v) is 6.49. The van der Waals surface area contributed by atoms with Gasteiger partial charge >= 0.3 is 0 Å². The smallest absolute Gasteiger partial charge is 0.233 e. The van der Waals surface area contributed by atoms with Gasteiger partial charge in [0.05, 0.1) is 17.5 Å². The monoisotopic (exact) mass is 439 g/mol. The van der Waals surface area contributed by atoms with Crippen molar-refractivity contribution in [3.63, 3.8) is 0 Å². The number of hydrogen-bond donors (Lipinski definition) is 0. The summed E-state index contributed by atoms with van der Waals surface area (Å²) in [6.07, 6.45) is 5.32. The minimum atomic E-state index is -0.308. The summed E-state index contributed by atoms with van der Waals surface area (Å²) in [5.41, 5.74) is 1.75. The van der Waals surface area contributed by atoms with E-state index in [0.29, 0.717) is 24.1 Å². The van der Waals surface area contributed by atoms with Gasteiger partial charge in [-0.2, -0.15) is 0 Å². The Bertz CT molecular complexity index is 1100. The molecule has 8 heteroatoms. The van der Waals surface area contributed by atoms with Crippen molar-refractivity contribution in [2.24, 2.45) is 0 Å². The van der Waals surface area contributed by atoms with Crippen LogP contribution >= 0.6 is 11.8 Å². The zero-order valence-corrected chi connectivity index (χ0v) is 17.7. The number of nitrogens with zero attached hydrogens (tertiary/aromatic N) is 3. The summed E-state index contributed by atoms with van der Waals surface area (Å²) in [6, 6.07) is 12.3. The van der Waals surface area contributed by atoms with Gasteiger partial charge in [-0.3, -0.25) is 9.36 Å². The van der Waals surface area contributed by atoms with E-state index in [1.165, 1.54) is 23.9 Å². The molecule has 0 N–H and O–H groups in total. The Morgan fingerprint density at radius 2 is 2.03 bits per heavy atom. The van der Waals surface area contributed by atoms with Crippen LogP contribution in [-0.4, -0.2) is 45.9 Å². The highest BCUT2D eigenvalue weighted by Crippen LogP contribution is 2.38. The van der Waals surface area contributed by atoms with Crippen molar-refractivity contribution in [2.45, 2.75) is 24.0 Å². The van der Waals surface area contributed by atoms with Crippen LogP contribution in [0.15, 0.2) is 60.0 Å². The van der Waals surface area contributed by atoms with Crippen molar-refractivity contribution in [3.8, 4) is 17.2 Å². The summed E-state index contributed by atoms with van der Waals surface area (Å²) in [5.74, 6) is 1.53. The molecule has 1 atom stereocenters. The summed E-state index contributed by atoms with van der Waals surface area (Å²) in [7, 11) is 0. The van der Waals surface area contributed by atoms with Gasteiger partial charge in [0.1, 0.15) is 19.0 Å². The Kier molecular flexibility index (Phi) is 5.55. The molecule has 6 nitrogen and oxygen atoms in total. The number of halogens is 1. The standard InChI is InChI=1S/C23H22FN3O3S/c24-17-3-1-4-18(14-17)26-10-8-25-23(26)31-15-22(28)27-9-2-5-19(27)16-6-7-20-21(13-16)30-12-11-29-20/h1,3-4,6-8,10,13-14,19H,2,5,9,11-12,15H2/t19-/m1/s1. The number of likely N-dealkylation sites (tertiary alicyclic amines) is 1. The van der Waals surface area contributed by atoms with Gasteiger partial charge < -0.3 is 14.4 Å². The average Bonchev–Trinajstić information content (AvgIpc) is 3.47. The molecule has 160 valence electrons. The van der Waals surface area contributed by atoms with E-state index in [0.717, 1.165) is 36.4 Å². The summed E-state index contributed by atoms with van der Waals surface area (Å²) in [4.78, 5) is 19.4. The van der Waals surface area contributed by atoms with Gasteiger partial charge in [-0.05, 0) is 48.7 Å². The van der Waals surface area contributed by atoms with Gasteiger partial charge in [0, 0.05) is 18.9 Å². The van der Waals surface area contributed by atoms with Crippen molar-refractivity contribution in [1.29, 1.82) is 0 Å². The predicted octanol–water partition coefficient (Wildman–Crippen LogP) is 4.24. The van der Waals surface area contributed by atoms with E-state index in [2.05, 4.69) is 4.98 Å². The molecule has 0 saturated carbocycles. The van der Waals surface area contributed by atoms with E-state index in [1.54, 1.807) is 23.0 Å². The lowest BCUT2D eigenvalue weighted by molar-refractivity contribution is -0.129. The normalized spacial score (nSPS) is 17.7. The quantitative estimate of drug-likeness (QED) is 0.557. The molecule has 0 bridgehead atoms. The van der Waals surface area contributed by atoms with Crippen molar-refractivity contribution in [1.82, 2.24) is 14.5 Å². The van der Waals surface area contributed by atoms with Crippen molar-refractivity contribution < 1.29 is 18.7 Å². The minimum Gasteiger partial charge on any atom is -0.486 e. The van der Waals surface area contributed by atoms with E-state index < -0.39 is 0 Å². The first-order valence-electron chi connectivity index (χ1n) is 10.3. The molecule has 0 unspecified atom stereocenters. The van der Waals surface area contributed by atoms with Crippen LogP contribution in [0.5, 0.6) is 11.5 Å². The van der Waals surface area contributed by atoms with Crippen LogP contribution < -0.4 is 9.47 Å². The lowest BCUT2D eigenvalue weighted by Crippen LogP contribution is -2.32. The van der Waals surface area contributed by atoms with Crippen LogP contribution in [0.25, 0.3) is 5.69 Å². The van der Waals surface area contributed by atoms with Crippen LogP contribution in [0.2, 0.25) is 0 Å². The zero-order valence-electron chi connectivity index (χ0n) is 16.9. The number of amides is 1. The van der Waals surface area contributed by atoms with Crippen LogP contribution in [0, 0.1) is 5.82 Å². The van der Waals surface area contributed by atoms with Crippen molar-refractivity contribution in [2.75, 3.05) is 25.5 Å². The fraction of sp³-hybridized carbons (Fsp3) is 0.304. The molecule has 0 radical (unpaired) electrons. The van der Waals surface area contributed by atoms with Gasteiger partial charge in [0.25, 0.3) is 0 Å². The topological polar surface area (TPSA) is 56.6 Å². The summed E-state index contributed by atoms with van der Waals surface area (Å²) >= 11 is 1.36. The molecule has 3 aromatic rings. The summed E-state index contributed by atoms with van der Waals surface area (Å²) in [6.45, 7) is 1.83. The number of hydrogen-bond acceptors (Lipinski definition) is 5. The molecule has 2 aliphatic heterocycles. The highest BCUT2D eigenvalue weighted by atomic mass is 32.2. The third-order valence-electron chi connectivity index (χ3n) is 5.54. The van der Waals surface area contributed by atoms with Gasteiger partial charge in [-0.15, -0.1) is 0 Å². The number of rotatable bonds is 5. The van der Waals surface area contributed by atoms with Crippen molar-refractivity contribution in [3.05, 3.63) is 66.2 Å². The summed E-state index contributed by atoms with van der Waals surface area (Å²) in [5, 5.41) is 0.661. The number of thioether (sulfide) groups is 1. The highest BCUT2D eigenvalue weighted by molar-refractivity contribution is 7.99. The summed E-state index contributed by atoms with van der Waals surface area (Å²) < 4.78 is 26.7. The number of ether oxygens (including phenoxy) is 2. The lowest BCUT2D eigenvalue weighted by Gasteiger charge is -2.26. The Hall–Kier alpha value is -3.00. The van der Waals surface area contributed by atoms with E-state index >= 15 is 0 Å². The number of benzene rings is 2. The number of imidazole rings is 1. The maximum absolute atomic E-state index is 13.6. The van der Waals surface area contributed by atoms with Crippen LogP contribution in [0.3, 0.4) is 0 Å². The molecule has 1 saturated heterocycles. The molecule has 2 aliphatic rings. The Morgan fingerprint density at radius 1 is 1.16 bits per heavy atom. The molecule has 2 aromatic carbocycles. The molecule has 0 aliphatic carbocycles. The second-order valence-electron chi connectivity index (χ2n) is 7.50. The Morgan fingerprint density at radius 3 is 2.90 bits per heavy atom. The number of fused-ring (bicyclic) bond motifs is 1. The van der Waals surface area contributed by atoms with E-state index in [-0.39, 0.29) is 23.5 Å². The molecule has 5 rings (SSSR count). The predicted molar refractivity (Wildman–Crippen MR) is 115 cm³/mol. The fourth-order valence-electron chi connectivity index (χ4n) is 4.11. The largest absolute Gasteiger partial charge is 0.486 e. The molecule has 1 aromatic heterocycles. The minimum absolute atomic E-state index is 0.0342. The Labute approximate surface area is 184 Å². The van der Waals surface area contributed by atoms with Gasteiger partial charge in [-0.25, -0.2) is 9.37 Å². The van der Waals surface area contributed by atoms with Gasteiger partial charge in [0.2, 0.25) is 5.91 Å². The second-order valence-corrected chi connectivity index (χ2v) is 8.44. The maximum Gasteiger partial charge on any atom is 0.233 e. The fourth-order valence-corrected chi connectivity index (χ4v) is 4.97. The second kappa shape index (κ2) is 8.63. The molecule has 0 spiro atoms. The van der Waals surface area contributed by atoms with E-state index in [9.17, 15) is 9.18 Å². The molecule has 1 amide bonds. The number of aromatic nitrogens is 2. The first-order valence-corrected chi connectivity index (χ1v) is 11.3. The SMILES string of the molecule is O=C(CSc1nccn1-c1cccc(F)c1)N1CCC[C@@H]1c1ccc2c(c1)OCCO2. The first-order chi connectivity index (χ1) is 15.2. The molecular weight excluding hydrogens is 417 g/mol. The third kappa shape index (κ3) is 4.12. The van der Waals surface area contributed by atoms with Crippen LogP contribution in [0.1, 0.15) is 24.4 Å². The lowest BCUT2D eigenvalue weighted by atomic mass is 10.0. The van der Waals surface area contributed by atoms with Gasteiger partial charge in [-0.1, -0.05) is 23.9 Å². The number of carbonyl (C=O) groups excluding carboxylic acids is 1. The molecule has 1 fully saturated rings. The molecule has 3 heterocycles. The van der Waals surface area contributed by atoms with Crippen molar-refractivity contribution >= 4 is 17.7 Å². The first kappa shape index (κ1) is 19.9. The van der Waals surface area contributed by atoms with E-state index in [1.807, 2.05) is 29.2 Å². The van der Waals surface area contributed by atoms with Crippen LogP contribution in [-0.2, 0) is 4.79 Å². The average molecular weight is 440 g/mol. The molecule has 31 heavy (non-hydrogen) atoms. The number of carbonyl (C=O) groups is 1. The van der Waals surface area contributed by atoms with E-state index in [4.69, 9.17) is 9.47 Å². The van der Waals surface area contributed by atoms with Gasteiger partial charge in [0.15, 0.2) is 16.7 Å².